The highest BCUT2D eigenvalue weighted by Crippen LogP contribution is 2.34. The SMILES string of the molecule is CCOC(=O)c1sc(NC(=O)CN2CCCC(C)C2)c(C(=O)OCC)c1C. The van der Waals surface area contributed by atoms with Crippen LogP contribution in [0.3, 0.4) is 0 Å². The predicted octanol–water partition coefficient (Wildman–Crippen LogP) is 3.08. The number of thiophene rings is 1. The fraction of sp³-hybridized carbons (Fsp3) is 0.632. The number of likely N-dealkylation sites (tertiary alicyclic amines) is 1. The summed E-state index contributed by atoms with van der Waals surface area (Å²) in [6, 6.07) is 0. The maximum Gasteiger partial charge on any atom is 0.348 e. The number of hydrogen-bond donors (Lipinski definition) is 1. The molecule has 1 N–H and O–H groups in total. The predicted molar refractivity (Wildman–Crippen MR) is 104 cm³/mol. The Balaban J connectivity index is 2.20. The molecule has 1 aliphatic rings. The van der Waals surface area contributed by atoms with Crippen LogP contribution < -0.4 is 5.32 Å². The van der Waals surface area contributed by atoms with Crippen LogP contribution in [0, 0.1) is 12.8 Å². The zero-order valence-corrected chi connectivity index (χ0v) is 17.2. The van der Waals surface area contributed by atoms with Gasteiger partial charge in [-0.05, 0) is 51.6 Å². The van der Waals surface area contributed by atoms with E-state index in [0.717, 1.165) is 30.8 Å². The fourth-order valence-electron chi connectivity index (χ4n) is 3.24. The highest BCUT2D eigenvalue weighted by atomic mass is 32.1. The van der Waals surface area contributed by atoms with Gasteiger partial charge >= 0.3 is 11.9 Å². The van der Waals surface area contributed by atoms with Gasteiger partial charge in [-0.15, -0.1) is 11.3 Å². The second-order valence-corrected chi connectivity index (χ2v) is 7.75. The van der Waals surface area contributed by atoms with Crippen LogP contribution in [0.15, 0.2) is 0 Å². The average molecular weight is 397 g/mol. The van der Waals surface area contributed by atoms with Gasteiger partial charge in [0.1, 0.15) is 9.88 Å². The van der Waals surface area contributed by atoms with E-state index < -0.39 is 11.9 Å². The molecule has 0 radical (unpaired) electrons. The molecule has 150 valence electrons. The zero-order chi connectivity index (χ0) is 20.0. The molecule has 2 heterocycles. The molecule has 0 spiro atoms. The number of piperidine rings is 1. The van der Waals surface area contributed by atoms with Crippen LogP contribution >= 0.6 is 11.3 Å². The van der Waals surface area contributed by atoms with Gasteiger partial charge in [0.15, 0.2) is 0 Å². The van der Waals surface area contributed by atoms with Crippen molar-refractivity contribution in [2.24, 2.45) is 5.92 Å². The van der Waals surface area contributed by atoms with Gasteiger partial charge in [0.25, 0.3) is 0 Å². The lowest BCUT2D eigenvalue weighted by Gasteiger charge is -2.30. The second kappa shape index (κ2) is 9.85. The number of hydrogen-bond acceptors (Lipinski definition) is 7. The van der Waals surface area contributed by atoms with E-state index in [1.807, 2.05) is 0 Å². The quantitative estimate of drug-likeness (QED) is 0.713. The summed E-state index contributed by atoms with van der Waals surface area (Å²) in [4.78, 5) is 39.5. The second-order valence-electron chi connectivity index (χ2n) is 6.73. The average Bonchev–Trinajstić information content (AvgIpc) is 2.91. The molecule has 1 fully saturated rings. The number of carbonyl (C=O) groups is 3. The number of amides is 1. The Hall–Kier alpha value is -1.93. The highest BCUT2D eigenvalue weighted by Gasteiger charge is 2.28. The molecule has 1 unspecified atom stereocenters. The summed E-state index contributed by atoms with van der Waals surface area (Å²) in [7, 11) is 0. The standard InChI is InChI=1S/C19H28N2O5S/c1-5-25-18(23)15-13(4)16(19(24)26-6-2)27-17(15)20-14(22)11-21-9-7-8-12(3)10-21/h12H,5-11H2,1-4H3,(H,20,22). The third kappa shape index (κ3) is 5.52. The van der Waals surface area contributed by atoms with E-state index in [1.165, 1.54) is 6.42 Å². The molecule has 0 bridgehead atoms. The summed E-state index contributed by atoms with van der Waals surface area (Å²) in [5.74, 6) is -0.688. The van der Waals surface area contributed by atoms with Crippen molar-refractivity contribution in [3.63, 3.8) is 0 Å². The van der Waals surface area contributed by atoms with Crippen molar-refractivity contribution in [2.45, 2.75) is 40.5 Å². The normalized spacial score (nSPS) is 17.4. The van der Waals surface area contributed by atoms with Gasteiger partial charge in [0.05, 0.1) is 25.3 Å². The van der Waals surface area contributed by atoms with E-state index in [1.54, 1.807) is 20.8 Å². The van der Waals surface area contributed by atoms with Crippen molar-refractivity contribution in [3.8, 4) is 0 Å². The zero-order valence-electron chi connectivity index (χ0n) is 16.4. The lowest BCUT2D eigenvalue weighted by Crippen LogP contribution is -2.39. The van der Waals surface area contributed by atoms with Gasteiger partial charge in [-0.3, -0.25) is 9.69 Å². The Kier molecular flexibility index (Phi) is 7.79. The first kappa shape index (κ1) is 21.4. The first-order valence-electron chi connectivity index (χ1n) is 9.37. The molecule has 0 saturated carbocycles. The van der Waals surface area contributed by atoms with E-state index in [4.69, 9.17) is 9.47 Å². The number of esters is 2. The maximum absolute atomic E-state index is 12.5. The number of nitrogens with zero attached hydrogens (tertiary/aromatic N) is 1. The van der Waals surface area contributed by atoms with Crippen molar-refractivity contribution < 1.29 is 23.9 Å². The van der Waals surface area contributed by atoms with Crippen molar-refractivity contribution in [1.82, 2.24) is 4.90 Å². The Labute approximate surface area is 164 Å². The number of rotatable bonds is 7. The molecule has 1 aliphatic heterocycles. The number of ether oxygens (including phenoxy) is 2. The molecule has 1 aromatic heterocycles. The Bertz CT molecular complexity index is 701. The van der Waals surface area contributed by atoms with Crippen molar-refractivity contribution >= 4 is 34.2 Å². The first-order chi connectivity index (χ1) is 12.9. The fourth-order valence-corrected chi connectivity index (χ4v) is 4.35. The van der Waals surface area contributed by atoms with E-state index in [-0.39, 0.29) is 31.2 Å². The molecular weight excluding hydrogens is 368 g/mol. The van der Waals surface area contributed by atoms with E-state index in [0.29, 0.717) is 21.4 Å². The minimum atomic E-state index is -0.552. The topological polar surface area (TPSA) is 84.9 Å². The minimum Gasteiger partial charge on any atom is -0.462 e. The van der Waals surface area contributed by atoms with Crippen LogP contribution in [0.5, 0.6) is 0 Å². The Morgan fingerprint density at radius 2 is 1.85 bits per heavy atom. The molecule has 7 nitrogen and oxygen atoms in total. The molecule has 27 heavy (non-hydrogen) atoms. The summed E-state index contributed by atoms with van der Waals surface area (Å²) in [6.45, 7) is 9.75. The number of carbonyl (C=O) groups excluding carboxylic acids is 3. The van der Waals surface area contributed by atoms with Crippen LogP contribution in [0.25, 0.3) is 0 Å². The van der Waals surface area contributed by atoms with Gasteiger partial charge < -0.3 is 14.8 Å². The third-order valence-corrected chi connectivity index (χ3v) is 5.64. The summed E-state index contributed by atoms with van der Waals surface area (Å²) in [6.07, 6.45) is 2.26. The molecule has 1 atom stereocenters. The van der Waals surface area contributed by atoms with Gasteiger partial charge in [-0.2, -0.15) is 0 Å². The lowest BCUT2D eigenvalue weighted by molar-refractivity contribution is -0.117. The lowest BCUT2D eigenvalue weighted by atomic mass is 10.0. The molecule has 1 amide bonds. The van der Waals surface area contributed by atoms with Crippen LogP contribution in [0.1, 0.15) is 59.2 Å². The largest absolute Gasteiger partial charge is 0.462 e. The van der Waals surface area contributed by atoms with Crippen LogP contribution in [-0.4, -0.2) is 55.6 Å². The third-order valence-electron chi connectivity index (χ3n) is 4.45. The summed E-state index contributed by atoms with van der Waals surface area (Å²) in [5, 5.41) is 3.14. The maximum atomic E-state index is 12.5. The molecule has 1 saturated heterocycles. The van der Waals surface area contributed by atoms with E-state index in [2.05, 4.69) is 17.1 Å². The number of nitrogens with one attached hydrogen (secondary N) is 1. The van der Waals surface area contributed by atoms with Gasteiger partial charge in [0.2, 0.25) is 5.91 Å². The number of anilines is 1. The van der Waals surface area contributed by atoms with Crippen LogP contribution in [0.2, 0.25) is 0 Å². The molecule has 0 aliphatic carbocycles. The van der Waals surface area contributed by atoms with E-state index in [9.17, 15) is 14.4 Å². The van der Waals surface area contributed by atoms with Crippen LogP contribution in [0.4, 0.5) is 5.00 Å². The summed E-state index contributed by atoms with van der Waals surface area (Å²) < 4.78 is 10.2. The molecule has 1 aromatic rings. The minimum absolute atomic E-state index is 0.202. The smallest absolute Gasteiger partial charge is 0.348 e. The Morgan fingerprint density at radius 1 is 1.19 bits per heavy atom. The molecule has 8 heteroatoms. The molecular formula is C19H28N2O5S. The van der Waals surface area contributed by atoms with Gasteiger partial charge in [-0.1, -0.05) is 6.92 Å². The van der Waals surface area contributed by atoms with E-state index >= 15 is 0 Å². The molecule has 2 rings (SSSR count). The first-order valence-corrected chi connectivity index (χ1v) is 10.2. The molecule has 0 aromatic carbocycles. The van der Waals surface area contributed by atoms with Gasteiger partial charge in [-0.25, -0.2) is 9.59 Å². The van der Waals surface area contributed by atoms with Crippen LogP contribution in [-0.2, 0) is 14.3 Å². The monoisotopic (exact) mass is 396 g/mol. The summed E-state index contributed by atoms with van der Waals surface area (Å²) in [5.41, 5.74) is 0.698. The van der Waals surface area contributed by atoms with Gasteiger partial charge in [0, 0.05) is 6.54 Å². The Morgan fingerprint density at radius 3 is 2.48 bits per heavy atom. The van der Waals surface area contributed by atoms with Crippen molar-refractivity contribution in [3.05, 3.63) is 16.0 Å². The summed E-state index contributed by atoms with van der Waals surface area (Å²) >= 11 is 1.05. The highest BCUT2D eigenvalue weighted by molar-refractivity contribution is 7.18. The van der Waals surface area contributed by atoms with Crippen molar-refractivity contribution in [1.29, 1.82) is 0 Å². The van der Waals surface area contributed by atoms with Crippen molar-refractivity contribution in [2.75, 3.05) is 38.2 Å².